The van der Waals surface area contributed by atoms with Gasteiger partial charge >= 0.3 is 0 Å². The quantitative estimate of drug-likeness (QED) is 0.383. The summed E-state index contributed by atoms with van der Waals surface area (Å²) in [6.45, 7) is 4.89. The molecule has 0 spiro atoms. The zero-order chi connectivity index (χ0) is 6.12. The Balaban J connectivity index is 0. The van der Waals surface area contributed by atoms with Gasteiger partial charge in [0.15, 0.2) is 0 Å². The van der Waals surface area contributed by atoms with E-state index in [1.165, 1.54) is 0 Å². The van der Waals surface area contributed by atoms with Crippen molar-refractivity contribution in [2.75, 3.05) is 6.61 Å². The van der Waals surface area contributed by atoms with Gasteiger partial charge in [0, 0.05) is 0 Å². The van der Waals surface area contributed by atoms with Crippen LogP contribution in [0.5, 0.6) is 0 Å². The van der Waals surface area contributed by atoms with E-state index in [0.29, 0.717) is 6.29 Å². The lowest BCUT2D eigenvalue weighted by molar-refractivity contribution is -0.110. The zero-order valence-corrected chi connectivity index (χ0v) is 4.42. The number of allylic oxidation sites excluding steroid dienone is 1. The Bertz CT molecular complexity index is 41.3. The Labute approximate surface area is 43.5 Å². The molecule has 0 heterocycles. The molecule has 0 bridgehead atoms. The van der Waals surface area contributed by atoms with E-state index >= 15 is 0 Å². The van der Waals surface area contributed by atoms with E-state index in [-0.39, 0.29) is 6.61 Å². The van der Waals surface area contributed by atoms with Gasteiger partial charge in [-0.15, -0.1) is 6.58 Å². The number of hydrogen-bond acceptors (Lipinski definition) is 2. The van der Waals surface area contributed by atoms with E-state index in [2.05, 4.69) is 6.58 Å². The van der Waals surface area contributed by atoms with Crippen molar-refractivity contribution in [3.05, 3.63) is 12.7 Å². The van der Waals surface area contributed by atoms with Crippen LogP contribution in [0, 0.1) is 0 Å². The van der Waals surface area contributed by atoms with E-state index in [0.717, 1.165) is 0 Å². The van der Waals surface area contributed by atoms with E-state index in [1.54, 1.807) is 6.08 Å². The van der Waals surface area contributed by atoms with Gasteiger partial charge in [0.25, 0.3) is 0 Å². The molecule has 1 N–H and O–H groups in total. The second kappa shape index (κ2) is 18.3. The predicted octanol–water partition coefficient (Wildman–Crippen LogP) is 0.370. The highest BCUT2D eigenvalue weighted by molar-refractivity contribution is 5.49. The van der Waals surface area contributed by atoms with Crippen molar-refractivity contribution in [2.45, 2.75) is 6.92 Å². The summed E-state index contributed by atoms with van der Waals surface area (Å²) in [5.41, 5.74) is 0. The van der Waals surface area contributed by atoms with Crippen molar-refractivity contribution >= 4 is 6.29 Å². The van der Waals surface area contributed by atoms with Crippen LogP contribution in [-0.2, 0) is 4.79 Å². The maximum Gasteiger partial charge on any atom is 0.145 e. The predicted molar refractivity (Wildman–Crippen MR) is 29.0 cm³/mol. The maximum absolute atomic E-state index is 8.92. The lowest BCUT2D eigenvalue weighted by Crippen LogP contribution is -1.75. The van der Waals surface area contributed by atoms with Crippen LogP contribution in [0.4, 0.5) is 0 Å². The molecule has 0 atom stereocenters. The number of carbonyl (C=O) groups is 1. The highest BCUT2D eigenvalue weighted by Gasteiger charge is 1.53. The topological polar surface area (TPSA) is 37.3 Å². The van der Waals surface area contributed by atoms with E-state index in [1.807, 2.05) is 6.92 Å². The monoisotopic (exact) mass is 102 g/mol. The second-order valence-electron chi connectivity index (χ2n) is 0.757. The van der Waals surface area contributed by atoms with Crippen molar-refractivity contribution in [2.24, 2.45) is 0 Å². The molecule has 0 fully saturated rings. The Morgan fingerprint density at radius 2 is 2.00 bits per heavy atom. The number of aliphatic hydroxyl groups is 1. The van der Waals surface area contributed by atoms with Crippen LogP contribution in [0.15, 0.2) is 12.7 Å². The summed E-state index contributed by atoms with van der Waals surface area (Å²) in [5, 5.41) is 7.51. The molecule has 0 aromatic heterocycles. The Kier molecular flexibility index (Phi) is 25.1. The second-order valence-corrected chi connectivity index (χ2v) is 0.757. The lowest BCUT2D eigenvalue weighted by atomic mass is 10.8. The van der Waals surface area contributed by atoms with Gasteiger partial charge in [-0.1, -0.05) is 6.08 Å². The summed E-state index contributed by atoms with van der Waals surface area (Å²) in [4.78, 5) is 8.92. The SMILES string of the molecule is C=CC.O=CCO. The fourth-order valence-corrected chi connectivity index (χ4v) is 0. The third-order valence-corrected chi connectivity index (χ3v) is 0.0745. The first-order valence-electron chi connectivity index (χ1n) is 1.95. The molecular weight excluding hydrogens is 92.1 g/mol. The van der Waals surface area contributed by atoms with Gasteiger partial charge in [-0.05, 0) is 6.92 Å². The number of carbonyl (C=O) groups excluding carboxylic acids is 1. The van der Waals surface area contributed by atoms with Gasteiger partial charge in [-0.2, -0.15) is 0 Å². The summed E-state index contributed by atoms with van der Waals surface area (Å²) >= 11 is 0. The highest BCUT2D eigenvalue weighted by Crippen LogP contribution is 1.38. The smallest absolute Gasteiger partial charge is 0.145 e. The maximum atomic E-state index is 8.92. The lowest BCUT2D eigenvalue weighted by Gasteiger charge is -1.54. The van der Waals surface area contributed by atoms with Crippen LogP contribution in [0.1, 0.15) is 6.92 Å². The first-order valence-corrected chi connectivity index (χ1v) is 1.95. The van der Waals surface area contributed by atoms with Crippen molar-refractivity contribution in [3.63, 3.8) is 0 Å². The summed E-state index contributed by atoms with van der Waals surface area (Å²) in [5.74, 6) is 0. The van der Waals surface area contributed by atoms with Crippen LogP contribution in [0.2, 0.25) is 0 Å². The van der Waals surface area contributed by atoms with Crippen molar-refractivity contribution in [1.82, 2.24) is 0 Å². The minimum absolute atomic E-state index is 0.361. The minimum atomic E-state index is -0.361. The normalized spacial score (nSPS) is 5.43. The summed E-state index contributed by atoms with van der Waals surface area (Å²) in [7, 11) is 0. The third-order valence-electron chi connectivity index (χ3n) is 0.0745. The first-order chi connectivity index (χ1) is 3.33. The van der Waals surface area contributed by atoms with Gasteiger partial charge in [0.2, 0.25) is 0 Å². The fraction of sp³-hybridized carbons (Fsp3) is 0.400. The molecule has 7 heavy (non-hydrogen) atoms. The van der Waals surface area contributed by atoms with Gasteiger partial charge in [0.05, 0.1) is 6.61 Å². The summed E-state index contributed by atoms with van der Waals surface area (Å²) in [6, 6.07) is 0. The molecule has 42 valence electrons. The number of hydrogen-bond donors (Lipinski definition) is 1. The van der Waals surface area contributed by atoms with E-state index in [9.17, 15) is 0 Å². The fourth-order valence-electron chi connectivity index (χ4n) is 0. The molecule has 0 aromatic carbocycles. The Hall–Kier alpha value is -0.630. The van der Waals surface area contributed by atoms with Crippen LogP contribution in [0.3, 0.4) is 0 Å². The number of aldehydes is 1. The van der Waals surface area contributed by atoms with E-state index < -0.39 is 0 Å². The van der Waals surface area contributed by atoms with Crippen LogP contribution in [-0.4, -0.2) is 18.0 Å². The molecule has 0 aliphatic heterocycles. The molecule has 2 heteroatoms. The molecule has 0 aliphatic rings. The average Bonchev–Trinajstić information content (AvgIpc) is 1.69. The van der Waals surface area contributed by atoms with Crippen LogP contribution in [0.25, 0.3) is 0 Å². The minimum Gasteiger partial charge on any atom is -0.389 e. The van der Waals surface area contributed by atoms with E-state index in [4.69, 9.17) is 9.90 Å². The van der Waals surface area contributed by atoms with Gasteiger partial charge in [0.1, 0.15) is 6.29 Å². The number of aliphatic hydroxyl groups excluding tert-OH is 1. The largest absolute Gasteiger partial charge is 0.389 e. The molecular formula is C5H10O2. The molecule has 0 rings (SSSR count). The summed E-state index contributed by atoms with van der Waals surface area (Å²) in [6.07, 6.45) is 2.18. The molecule has 2 nitrogen and oxygen atoms in total. The molecule has 0 aromatic rings. The first kappa shape index (κ1) is 9.62. The average molecular weight is 102 g/mol. The third kappa shape index (κ3) is 445. The zero-order valence-electron chi connectivity index (χ0n) is 4.42. The van der Waals surface area contributed by atoms with Crippen LogP contribution >= 0.6 is 0 Å². The van der Waals surface area contributed by atoms with Crippen molar-refractivity contribution in [1.29, 1.82) is 0 Å². The molecule has 0 saturated carbocycles. The number of rotatable bonds is 1. The molecule has 0 aliphatic carbocycles. The Morgan fingerprint density at radius 3 is 2.00 bits per heavy atom. The van der Waals surface area contributed by atoms with Crippen LogP contribution < -0.4 is 0 Å². The van der Waals surface area contributed by atoms with Crippen molar-refractivity contribution < 1.29 is 9.90 Å². The molecule has 0 saturated heterocycles. The Morgan fingerprint density at radius 1 is 1.86 bits per heavy atom. The highest BCUT2D eigenvalue weighted by atomic mass is 16.3. The molecule has 0 amide bonds. The molecule has 0 unspecified atom stereocenters. The summed E-state index contributed by atoms with van der Waals surface area (Å²) < 4.78 is 0. The standard InChI is InChI=1S/C3H6.C2H4O2/c1-3-2;3-1-2-4/h3H,1H2,2H3;1,4H,2H2. The van der Waals surface area contributed by atoms with Gasteiger partial charge in [-0.25, -0.2) is 0 Å². The molecule has 0 radical (unpaired) electrons. The van der Waals surface area contributed by atoms with Gasteiger partial charge < -0.3 is 9.90 Å². The van der Waals surface area contributed by atoms with Gasteiger partial charge in [-0.3, -0.25) is 0 Å². The van der Waals surface area contributed by atoms with Crippen molar-refractivity contribution in [3.8, 4) is 0 Å².